The number of thioether (sulfide) groups is 1. The van der Waals surface area contributed by atoms with Crippen molar-refractivity contribution in [3.63, 3.8) is 0 Å². The molecule has 3 aromatic rings. The summed E-state index contributed by atoms with van der Waals surface area (Å²) in [5, 5.41) is 8.35. The SMILES string of the molecule is NC(=NN=Cc1ccccc1COc1c(F)cccc1F)SCc1ccccc1. The second kappa shape index (κ2) is 10.4. The van der Waals surface area contributed by atoms with Gasteiger partial charge in [-0.1, -0.05) is 72.4 Å². The molecule has 0 heterocycles. The number of hydrogen-bond acceptors (Lipinski definition) is 4. The molecule has 0 aliphatic heterocycles. The first kappa shape index (κ1) is 20.5. The summed E-state index contributed by atoms with van der Waals surface area (Å²) in [4.78, 5) is 0. The second-order valence-electron chi connectivity index (χ2n) is 6.00. The van der Waals surface area contributed by atoms with Crippen molar-refractivity contribution in [2.24, 2.45) is 15.9 Å². The summed E-state index contributed by atoms with van der Waals surface area (Å²) in [7, 11) is 0. The standard InChI is InChI=1S/C22H19F2N3OS/c23-19-11-6-12-20(24)21(19)28-14-18-10-5-4-9-17(18)13-26-27-22(25)29-15-16-7-2-1-3-8-16/h1-13H,14-15H2,(H2,25,27). The Bertz CT molecular complexity index is 990. The Labute approximate surface area is 172 Å². The molecule has 3 rings (SSSR count). The molecule has 0 fully saturated rings. The molecule has 3 aromatic carbocycles. The highest BCUT2D eigenvalue weighted by atomic mass is 32.2. The van der Waals surface area contributed by atoms with Gasteiger partial charge in [0.2, 0.25) is 0 Å². The highest BCUT2D eigenvalue weighted by Gasteiger charge is 2.10. The highest BCUT2D eigenvalue weighted by molar-refractivity contribution is 8.13. The van der Waals surface area contributed by atoms with Gasteiger partial charge in [-0.2, -0.15) is 5.10 Å². The van der Waals surface area contributed by atoms with Crippen molar-refractivity contribution >= 4 is 23.1 Å². The Morgan fingerprint density at radius 1 is 0.931 bits per heavy atom. The fourth-order valence-corrected chi connectivity index (χ4v) is 3.08. The summed E-state index contributed by atoms with van der Waals surface area (Å²) < 4.78 is 32.8. The van der Waals surface area contributed by atoms with Crippen LogP contribution in [0.25, 0.3) is 0 Å². The summed E-state index contributed by atoms with van der Waals surface area (Å²) in [6, 6.07) is 20.7. The van der Waals surface area contributed by atoms with Crippen LogP contribution in [-0.4, -0.2) is 11.4 Å². The van der Waals surface area contributed by atoms with Crippen LogP contribution in [0.2, 0.25) is 0 Å². The van der Waals surface area contributed by atoms with Gasteiger partial charge in [-0.3, -0.25) is 0 Å². The molecule has 0 saturated carbocycles. The minimum atomic E-state index is -0.746. The lowest BCUT2D eigenvalue weighted by atomic mass is 10.1. The Hall–Kier alpha value is -3.19. The van der Waals surface area contributed by atoms with Crippen LogP contribution in [0, 0.1) is 11.6 Å². The number of para-hydroxylation sites is 1. The molecule has 0 saturated heterocycles. The third-order valence-electron chi connectivity index (χ3n) is 3.93. The van der Waals surface area contributed by atoms with Crippen molar-refractivity contribution in [1.29, 1.82) is 0 Å². The molecule has 0 spiro atoms. The van der Waals surface area contributed by atoms with E-state index in [2.05, 4.69) is 10.2 Å². The lowest BCUT2D eigenvalue weighted by Gasteiger charge is -2.10. The lowest BCUT2D eigenvalue weighted by Crippen LogP contribution is -2.06. The Kier molecular flexibility index (Phi) is 7.35. The average molecular weight is 411 g/mol. The normalized spacial score (nSPS) is 11.7. The van der Waals surface area contributed by atoms with Gasteiger partial charge in [0.05, 0.1) is 6.21 Å². The molecule has 0 radical (unpaired) electrons. The fourth-order valence-electron chi connectivity index (χ4n) is 2.47. The Balaban J connectivity index is 1.62. The van der Waals surface area contributed by atoms with Gasteiger partial charge < -0.3 is 10.5 Å². The van der Waals surface area contributed by atoms with Gasteiger partial charge in [0, 0.05) is 11.3 Å². The smallest absolute Gasteiger partial charge is 0.191 e. The molecular formula is C22H19F2N3OS. The van der Waals surface area contributed by atoms with Crippen LogP contribution in [0.4, 0.5) is 8.78 Å². The predicted molar refractivity (Wildman–Crippen MR) is 114 cm³/mol. The minimum absolute atomic E-state index is 0.0119. The third-order valence-corrected chi connectivity index (χ3v) is 4.78. The van der Waals surface area contributed by atoms with Crippen LogP contribution < -0.4 is 10.5 Å². The maximum Gasteiger partial charge on any atom is 0.191 e. The first-order valence-corrected chi connectivity index (χ1v) is 9.80. The maximum atomic E-state index is 13.7. The van der Waals surface area contributed by atoms with Gasteiger partial charge in [0.15, 0.2) is 22.6 Å². The summed E-state index contributed by atoms with van der Waals surface area (Å²) in [5.41, 5.74) is 8.45. The number of nitrogens with zero attached hydrogens (tertiary/aromatic N) is 2. The second-order valence-corrected chi connectivity index (χ2v) is 6.99. The van der Waals surface area contributed by atoms with E-state index < -0.39 is 17.4 Å². The molecule has 0 aromatic heterocycles. The van der Waals surface area contributed by atoms with E-state index in [0.29, 0.717) is 22.0 Å². The number of benzene rings is 3. The molecule has 29 heavy (non-hydrogen) atoms. The monoisotopic (exact) mass is 411 g/mol. The van der Waals surface area contributed by atoms with E-state index in [1.165, 1.54) is 24.0 Å². The first-order valence-electron chi connectivity index (χ1n) is 8.81. The lowest BCUT2D eigenvalue weighted by molar-refractivity contribution is 0.274. The van der Waals surface area contributed by atoms with Crippen molar-refractivity contribution in [3.05, 3.63) is 101 Å². The van der Waals surface area contributed by atoms with Gasteiger partial charge in [0.1, 0.15) is 6.61 Å². The van der Waals surface area contributed by atoms with Gasteiger partial charge in [-0.25, -0.2) is 8.78 Å². The highest BCUT2D eigenvalue weighted by Crippen LogP contribution is 2.22. The van der Waals surface area contributed by atoms with Crippen molar-refractivity contribution in [2.75, 3.05) is 0 Å². The quantitative estimate of drug-likeness (QED) is 0.333. The molecule has 0 atom stereocenters. The van der Waals surface area contributed by atoms with Crippen LogP contribution in [0.15, 0.2) is 83.0 Å². The van der Waals surface area contributed by atoms with Crippen LogP contribution in [-0.2, 0) is 12.4 Å². The van der Waals surface area contributed by atoms with Crippen LogP contribution >= 0.6 is 11.8 Å². The third kappa shape index (κ3) is 6.15. The zero-order valence-corrected chi connectivity index (χ0v) is 16.3. The number of rotatable bonds is 7. The van der Waals surface area contributed by atoms with Crippen molar-refractivity contribution in [3.8, 4) is 5.75 Å². The zero-order valence-electron chi connectivity index (χ0n) is 15.5. The largest absolute Gasteiger partial charge is 0.483 e. The summed E-state index contributed by atoms with van der Waals surface area (Å²) >= 11 is 1.39. The fraction of sp³-hybridized carbons (Fsp3) is 0.0909. The van der Waals surface area contributed by atoms with E-state index in [-0.39, 0.29) is 6.61 Å². The van der Waals surface area contributed by atoms with E-state index in [9.17, 15) is 8.78 Å². The first-order chi connectivity index (χ1) is 14.1. The molecule has 2 N–H and O–H groups in total. The molecule has 0 aliphatic rings. The summed E-state index contributed by atoms with van der Waals surface area (Å²) in [6.07, 6.45) is 1.53. The van der Waals surface area contributed by atoms with E-state index in [1.807, 2.05) is 42.5 Å². The molecular weight excluding hydrogens is 392 g/mol. The number of amidine groups is 1. The van der Waals surface area contributed by atoms with Crippen LogP contribution in [0.3, 0.4) is 0 Å². The van der Waals surface area contributed by atoms with E-state index >= 15 is 0 Å². The maximum absolute atomic E-state index is 13.7. The zero-order chi connectivity index (χ0) is 20.5. The van der Waals surface area contributed by atoms with E-state index in [0.717, 1.165) is 17.7 Å². The topological polar surface area (TPSA) is 60.0 Å². The van der Waals surface area contributed by atoms with Crippen molar-refractivity contribution < 1.29 is 13.5 Å². The predicted octanol–water partition coefficient (Wildman–Crippen LogP) is 5.13. The molecule has 0 amide bonds. The number of ether oxygens (including phenoxy) is 1. The van der Waals surface area contributed by atoms with Gasteiger partial charge in [-0.15, -0.1) is 5.10 Å². The van der Waals surface area contributed by atoms with Gasteiger partial charge in [0.25, 0.3) is 0 Å². The van der Waals surface area contributed by atoms with Crippen molar-refractivity contribution in [2.45, 2.75) is 12.4 Å². The molecule has 0 unspecified atom stereocenters. The molecule has 4 nitrogen and oxygen atoms in total. The molecule has 0 aliphatic carbocycles. The Morgan fingerprint density at radius 3 is 2.38 bits per heavy atom. The minimum Gasteiger partial charge on any atom is -0.483 e. The average Bonchev–Trinajstić information content (AvgIpc) is 2.73. The Morgan fingerprint density at radius 2 is 1.62 bits per heavy atom. The van der Waals surface area contributed by atoms with E-state index in [1.54, 1.807) is 12.1 Å². The summed E-state index contributed by atoms with van der Waals surface area (Å²) in [6.45, 7) is -0.0119. The van der Waals surface area contributed by atoms with Crippen molar-refractivity contribution in [1.82, 2.24) is 0 Å². The number of nitrogens with two attached hydrogens (primary N) is 1. The molecule has 0 bridgehead atoms. The van der Waals surface area contributed by atoms with Gasteiger partial charge in [-0.05, 0) is 23.3 Å². The number of halogens is 2. The number of hydrogen-bond donors (Lipinski definition) is 1. The van der Waals surface area contributed by atoms with Crippen LogP contribution in [0.5, 0.6) is 5.75 Å². The van der Waals surface area contributed by atoms with Gasteiger partial charge >= 0.3 is 0 Å². The molecule has 148 valence electrons. The van der Waals surface area contributed by atoms with Crippen LogP contribution in [0.1, 0.15) is 16.7 Å². The molecule has 7 heteroatoms. The van der Waals surface area contributed by atoms with E-state index in [4.69, 9.17) is 10.5 Å². The summed E-state index contributed by atoms with van der Waals surface area (Å²) in [5.74, 6) is -1.20.